The van der Waals surface area contributed by atoms with Crippen LogP contribution in [0.3, 0.4) is 0 Å². The first-order valence-electron chi connectivity index (χ1n) is 7.61. The molecule has 3 unspecified atom stereocenters. The summed E-state index contributed by atoms with van der Waals surface area (Å²) in [5, 5.41) is 3.24. The van der Waals surface area contributed by atoms with E-state index in [0.717, 1.165) is 32.0 Å². The van der Waals surface area contributed by atoms with Gasteiger partial charge in [0, 0.05) is 19.5 Å². The molecule has 1 N–H and O–H groups in total. The van der Waals surface area contributed by atoms with E-state index in [1.165, 1.54) is 32.1 Å². The Balaban J connectivity index is 1.77. The molecule has 18 heavy (non-hydrogen) atoms. The van der Waals surface area contributed by atoms with Gasteiger partial charge in [0.15, 0.2) is 0 Å². The smallest absolute Gasteiger partial charge is 0.222 e. The Hall–Kier alpha value is -0.570. The molecule has 1 saturated heterocycles. The summed E-state index contributed by atoms with van der Waals surface area (Å²) in [6.07, 6.45) is 7.10. The van der Waals surface area contributed by atoms with Crippen LogP contribution in [-0.2, 0) is 4.79 Å². The summed E-state index contributed by atoms with van der Waals surface area (Å²) in [4.78, 5) is 14.4. The molecule has 1 heterocycles. The predicted octanol–water partition coefficient (Wildman–Crippen LogP) is 2.27. The Morgan fingerprint density at radius 2 is 2.11 bits per heavy atom. The zero-order valence-corrected chi connectivity index (χ0v) is 12.0. The lowest BCUT2D eigenvalue weighted by atomic mass is 9.96. The van der Waals surface area contributed by atoms with Crippen LogP contribution in [0, 0.1) is 17.8 Å². The number of carbonyl (C=O) groups excluding carboxylic acids is 1. The highest BCUT2D eigenvalue weighted by molar-refractivity contribution is 5.76. The molecule has 1 saturated carbocycles. The monoisotopic (exact) mass is 252 g/mol. The highest BCUT2D eigenvalue weighted by Gasteiger charge is 2.28. The van der Waals surface area contributed by atoms with Crippen molar-refractivity contribution < 1.29 is 4.79 Å². The lowest BCUT2D eigenvalue weighted by Crippen LogP contribution is -2.42. The van der Waals surface area contributed by atoms with Crippen molar-refractivity contribution >= 4 is 5.91 Å². The van der Waals surface area contributed by atoms with Gasteiger partial charge in [-0.05, 0) is 57.0 Å². The van der Waals surface area contributed by atoms with Crippen LogP contribution in [0.25, 0.3) is 0 Å². The molecule has 0 spiro atoms. The van der Waals surface area contributed by atoms with Gasteiger partial charge in [-0.1, -0.05) is 13.3 Å². The van der Waals surface area contributed by atoms with E-state index in [2.05, 4.69) is 17.1 Å². The maximum absolute atomic E-state index is 12.3. The molecule has 3 heteroatoms. The van der Waals surface area contributed by atoms with E-state index in [4.69, 9.17) is 0 Å². The average molecular weight is 252 g/mol. The Kier molecular flexibility index (Phi) is 5.04. The van der Waals surface area contributed by atoms with Gasteiger partial charge in [0.1, 0.15) is 0 Å². The molecule has 2 aliphatic rings. The van der Waals surface area contributed by atoms with Crippen molar-refractivity contribution in [1.82, 2.24) is 10.2 Å². The number of hydrogen-bond donors (Lipinski definition) is 1. The van der Waals surface area contributed by atoms with Crippen LogP contribution in [0.2, 0.25) is 0 Å². The lowest BCUT2D eigenvalue weighted by Gasteiger charge is -2.33. The van der Waals surface area contributed by atoms with Gasteiger partial charge in [-0.2, -0.15) is 0 Å². The summed E-state index contributed by atoms with van der Waals surface area (Å²) in [5.41, 5.74) is 0. The van der Waals surface area contributed by atoms with E-state index >= 15 is 0 Å². The first-order chi connectivity index (χ1) is 8.69. The van der Waals surface area contributed by atoms with E-state index in [1.54, 1.807) is 0 Å². The third-order valence-electron chi connectivity index (χ3n) is 4.63. The number of piperidine rings is 1. The Labute approximate surface area is 111 Å². The average Bonchev–Trinajstić information content (AvgIpc) is 2.75. The highest BCUT2D eigenvalue weighted by atomic mass is 16.2. The number of nitrogens with one attached hydrogen (secondary N) is 1. The van der Waals surface area contributed by atoms with Crippen molar-refractivity contribution in [1.29, 1.82) is 0 Å². The molecule has 2 rings (SSSR count). The van der Waals surface area contributed by atoms with Gasteiger partial charge in [0.05, 0.1) is 0 Å². The number of amides is 1. The van der Waals surface area contributed by atoms with Crippen LogP contribution >= 0.6 is 0 Å². The molecule has 3 atom stereocenters. The first kappa shape index (κ1) is 13.9. The third kappa shape index (κ3) is 3.71. The normalized spacial score (nSPS) is 32.8. The van der Waals surface area contributed by atoms with E-state index in [-0.39, 0.29) is 0 Å². The largest absolute Gasteiger partial charge is 0.342 e. The highest BCUT2D eigenvalue weighted by Crippen LogP contribution is 2.33. The van der Waals surface area contributed by atoms with Crippen LogP contribution in [-0.4, -0.2) is 37.5 Å². The van der Waals surface area contributed by atoms with Gasteiger partial charge < -0.3 is 10.2 Å². The minimum atomic E-state index is 0.412. The minimum absolute atomic E-state index is 0.412. The summed E-state index contributed by atoms with van der Waals surface area (Å²) in [6, 6.07) is 0. The minimum Gasteiger partial charge on any atom is -0.342 e. The van der Waals surface area contributed by atoms with Crippen LogP contribution < -0.4 is 5.32 Å². The van der Waals surface area contributed by atoms with Crippen molar-refractivity contribution in [2.45, 2.75) is 45.4 Å². The summed E-state index contributed by atoms with van der Waals surface area (Å²) in [5.74, 6) is 2.57. The molecular weight excluding hydrogens is 224 g/mol. The van der Waals surface area contributed by atoms with Crippen LogP contribution in [0.4, 0.5) is 0 Å². The molecule has 3 nitrogen and oxygen atoms in total. The molecule has 1 aliphatic carbocycles. The SMILES string of the molecule is CNCC1CCCN(C(=O)CC2CCC(C)C2)C1. The molecule has 1 amide bonds. The topological polar surface area (TPSA) is 32.3 Å². The summed E-state index contributed by atoms with van der Waals surface area (Å²) < 4.78 is 0. The number of carbonyl (C=O) groups is 1. The van der Waals surface area contributed by atoms with Gasteiger partial charge in [0.2, 0.25) is 5.91 Å². The first-order valence-corrected chi connectivity index (χ1v) is 7.61. The van der Waals surface area contributed by atoms with Gasteiger partial charge in [-0.3, -0.25) is 4.79 Å². The Morgan fingerprint density at radius 3 is 2.78 bits per heavy atom. The fourth-order valence-electron chi connectivity index (χ4n) is 3.63. The standard InChI is InChI=1S/C15H28N2O/c1-12-5-6-13(8-12)9-15(18)17-7-3-4-14(11-17)10-16-2/h12-14,16H,3-11H2,1-2H3. The number of likely N-dealkylation sites (tertiary alicyclic amines) is 1. The maximum Gasteiger partial charge on any atom is 0.222 e. The fraction of sp³-hybridized carbons (Fsp3) is 0.933. The Bertz CT molecular complexity index is 278. The van der Waals surface area contributed by atoms with Crippen LogP contribution in [0.1, 0.15) is 45.4 Å². The number of nitrogens with zero attached hydrogens (tertiary/aromatic N) is 1. The molecule has 104 valence electrons. The summed E-state index contributed by atoms with van der Waals surface area (Å²) in [7, 11) is 2.00. The second-order valence-electron chi connectivity index (χ2n) is 6.39. The van der Waals surface area contributed by atoms with Crippen molar-refractivity contribution in [2.75, 3.05) is 26.7 Å². The zero-order chi connectivity index (χ0) is 13.0. The fourth-order valence-corrected chi connectivity index (χ4v) is 3.63. The van der Waals surface area contributed by atoms with Gasteiger partial charge in [0.25, 0.3) is 0 Å². The van der Waals surface area contributed by atoms with E-state index in [1.807, 2.05) is 7.05 Å². The van der Waals surface area contributed by atoms with Crippen LogP contribution in [0.5, 0.6) is 0 Å². The molecule has 2 fully saturated rings. The zero-order valence-electron chi connectivity index (χ0n) is 12.0. The third-order valence-corrected chi connectivity index (χ3v) is 4.63. The molecule has 1 aliphatic heterocycles. The van der Waals surface area contributed by atoms with E-state index < -0.39 is 0 Å². The van der Waals surface area contributed by atoms with Crippen molar-refractivity contribution in [3.05, 3.63) is 0 Å². The quantitative estimate of drug-likeness (QED) is 0.832. The molecule has 0 aromatic carbocycles. The van der Waals surface area contributed by atoms with Gasteiger partial charge in [-0.25, -0.2) is 0 Å². The number of rotatable bonds is 4. The van der Waals surface area contributed by atoms with Crippen molar-refractivity contribution in [2.24, 2.45) is 17.8 Å². The second-order valence-corrected chi connectivity index (χ2v) is 6.39. The molecular formula is C15H28N2O. The van der Waals surface area contributed by atoms with Crippen molar-refractivity contribution in [3.63, 3.8) is 0 Å². The predicted molar refractivity (Wildman–Crippen MR) is 74.4 cm³/mol. The van der Waals surface area contributed by atoms with E-state index in [9.17, 15) is 4.79 Å². The second kappa shape index (κ2) is 6.55. The summed E-state index contributed by atoms with van der Waals surface area (Å²) >= 11 is 0. The molecule has 0 radical (unpaired) electrons. The molecule has 0 aromatic heterocycles. The Morgan fingerprint density at radius 1 is 1.28 bits per heavy atom. The molecule has 0 aromatic rings. The van der Waals surface area contributed by atoms with Gasteiger partial charge in [-0.15, -0.1) is 0 Å². The maximum atomic E-state index is 12.3. The van der Waals surface area contributed by atoms with Crippen LogP contribution in [0.15, 0.2) is 0 Å². The van der Waals surface area contributed by atoms with Gasteiger partial charge >= 0.3 is 0 Å². The summed E-state index contributed by atoms with van der Waals surface area (Å²) in [6.45, 7) is 5.32. The van der Waals surface area contributed by atoms with E-state index in [0.29, 0.717) is 17.7 Å². The van der Waals surface area contributed by atoms with Crippen molar-refractivity contribution in [3.8, 4) is 0 Å². The molecule has 0 bridgehead atoms. The lowest BCUT2D eigenvalue weighted by molar-refractivity contribution is -0.134. The number of hydrogen-bond acceptors (Lipinski definition) is 2.